The topological polar surface area (TPSA) is 79.2 Å². The van der Waals surface area contributed by atoms with Gasteiger partial charge in [0, 0.05) is 39.9 Å². The number of methoxy groups -OCH3 is 2. The van der Waals surface area contributed by atoms with Crippen LogP contribution in [-0.4, -0.2) is 26.9 Å². The number of furan rings is 1. The van der Waals surface area contributed by atoms with Gasteiger partial charge in [-0.05, 0) is 55.3 Å². The average molecular weight is 472 g/mol. The van der Waals surface area contributed by atoms with Crippen LogP contribution in [0.5, 0.6) is 23.0 Å². The molecule has 1 aliphatic heterocycles. The fraction of sp³-hybridized carbons (Fsp3) is 0.179. The average Bonchev–Trinajstić information content (AvgIpc) is 3.50. The molecule has 0 spiro atoms. The van der Waals surface area contributed by atoms with Gasteiger partial charge in [0.15, 0.2) is 11.5 Å². The van der Waals surface area contributed by atoms with Crippen LogP contribution in [-0.2, 0) is 4.79 Å². The third kappa shape index (κ3) is 4.17. The summed E-state index contributed by atoms with van der Waals surface area (Å²) in [7, 11) is 3.26. The van der Waals surface area contributed by atoms with Crippen LogP contribution < -0.4 is 24.3 Å². The first-order valence-electron chi connectivity index (χ1n) is 11.1. The predicted octanol–water partition coefficient (Wildman–Crippen LogP) is 6.20. The quantitative estimate of drug-likeness (QED) is 0.338. The maximum atomic E-state index is 12.8. The smallest absolute Gasteiger partial charge is 0.248 e. The Labute approximate surface area is 202 Å². The number of nitrogens with one attached hydrogen (secondary N) is 1. The molecule has 3 aromatic carbocycles. The van der Waals surface area contributed by atoms with Crippen LogP contribution in [0.4, 0.5) is 5.69 Å². The summed E-state index contributed by atoms with van der Waals surface area (Å²) >= 11 is 0. The zero-order valence-electron chi connectivity index (χ0n) is 19.9. The van der Waals surface area contributed by atoms with Gasteiger partial charge >= 0.3 is 0 Å². The lowest BCUT2D eigenvalue weighted by molar-refractivity contribution is -0.111. The molecule has 5 rings (SSSR count). The van der Waals surface area contributed by atoms with Crippen LogP contribution in [0.15, 0.2) is 65.3 Å². The van der Waals surface area contributed by atoms with E-state index in [1.165, 1.54) is 0 Å². The van der Waals surface area contributed by atoms with Crippen LogP contribution >= 0.6 is 0 Å². The lowest BCUT2D eigenvalue weighted by Gasteiger charge is -2.13. The molecule has 4 aromatic rings. The van der Waals surface area contributed by atoms with Crippen molar-refractivity contribution in [2.75, 3.05) is 26.3 Å². The summed E-state index contributed by atoms with van der Waals surface area (Å²) < 4.78 is 27.6. The van der Waals surface area contributed by atoms with E-state index in [1.54, 1.807) is 44.8 Å². The summed E-state index contributed by atoms with van der Waals surface area (Å²) in [6.07, 6.45) is 3.30. The molecule has 178 valence electrons. The Hall–Kier alpha value is -4.39. The summed E-state index contributed by atoms with van der Waals surface area (Å²) in [5, 5.41) is 3.82. The first kappa shape index (κ1) is 22.4. The maximum absolute atomic E-state index is 12.8. The van der Waals surface area contributed by atoms with E-state index in [0.29, 0.717) is 22.9 Å². The second-order valence-corrected chi connectivity index (χ2v) is 8.22. The van der Waals surface area contributed by atoms with E-state index in [0.717, 1.165) is 44.5 Å². The highest BCUT2D eigenvalue weighted by Crippen LogP contribution is 2.41. The van der Waals surface area contributed by atoms with Gasteiger partial charge in [-0.15, -0.1) is 0 Å². The number of hydrogen-bond acceptors (Lipinski definition) is 6. The molecule has 0 radical (unpaired) electrons. The molecule has 0 saturated carbocycles. The summed E-state index contributed by atoms with van der Waals surface area (Å²) in [5.74, 6) is 2.46. The van der Waals surface area contributed by atoms with Crippen molar-refractivity contribution in [3.63, 3.8) is 0 Å². The van der Waals surface area contributed by atoms with E-state index < -0.39 is 0 Å². The Morgan fingerprint density at radius 3 is 2.51 bits per heavy atom. The monoisotopic (exact) mass is 471 g/mol. The SMILES string of the molecule is COc1ccc(-c2coc3c(C)c(OC)c(/C(C)=C/C(=O)Nc4ccc5c(c4)OCO5)cc23)cc1. The van der Waals surface area contributed by atoms with Gasteiger partial charge in [0.2, 0.25) is 12.7 Å². The van der Waals surface area contributed by atoms with Crippen molar-refractivity contribution in [2.45, 2.75) is 13.8 Å². The number of carbonyl (C=O) groups excluding carboxylic acids is 1. The predicted molar refractivity (Wildman–Crippen MR) is 134 cm³/mol. The molecule has 7 heteroatoms. The number of allylic oxidation sites excluding steroid dienone is 1. The van der Waals surface area contributed by atoms with Crippen molar-refractivity contribution in [2.24, 2.45) is 0 Å². The summed E-state index contributed by atoms with van der Waals surface area (Å²) in [6.45, 7) is 4.02. The van der Waals surface area contributed by atoms with E-state index in [-0.39, 0.29) is 12.7 Å². The fourth-order valence-corrected chi connectivity index (χ4v) is 4.29. The lowest BCUT2D eigenvalue weighted by Crippen LogP contribution is -2.08. The van der Waals surface area contributed by atoms with Crippen molar-refractivity contribution in [3.05, 3.63) is 72.0 Å². The normalized spacial score (nSPS) is 12.6. The van der Waals surface area contributed by atoms with Crippen molar-refractivity contribution in [3.8, 4) is 34.1 Å². The van der Waals surface area contributed by atoms with Crippen LogP contribution in [0.3, 0.4) is 0 Å². The van der Waals surface area contributed by atoms with Crippen LogP contribution in [0.25, 0.3) is 27.7 Å². The second-order valence-electron chi connectivity index (χ2n) is 8.22. The van der Waals surface area contributed by atoms with Gasteiger partial charge in [0.25, 0.3) is 0 Å². The Kier molecular flexibility index (Phi) is 5.82. The minimum atomic E-state index is -0.260. The fourth-order valence-electron chi connectivity index (χ4n) is 4.29. The summed E-state index contributed by atoms with van der Waals surface area (Å²) in [5.41, 5.74) is 5.76. The van der Waals surface area contributed by atoms with Gasteiger partial charge < -0.3 is 28.7 Å². The van der Waals surface area contributed by atoms with Crippen molar-refractivity contribution < 1.29 is 28.2 Å². The molecule has 0 saturated heterocycles. The Balaban J connectivity index is 1.50. The zero-order valence-corrected chi connectivity index (χ0v) is 19.9. The Morgan fingerprint density at radius 1 is 1.00 bits per heavy atom. The zero-order chi connectivity index (χ0) is 24.5. The highest BCUT2D eigenvalue weighted by atomic mass is 16.7. The third-order valence-corrected chi connectivity index (χ3v) is 6.06. The maximum Gasteiger partial charge on any atom is 0.248 e. The number of fused-ring (bicyclic) bond motifs is 2. The van der Waals surface area contributed by atoms with Gasteiger partial charge in [-0.2, -0.15) is 0 Å². The standard InChI is InChI=1S/C28H25NO6/c1-16(11-26(30)29-19-7-10-24-25(12-19)35-15-34-24)21-13-22-23(18-5-8-20(31-3)9-6-18)14-33-28(22)17(2)27(21)32-4/h5-14H,15H2,1-4H3,(H,29,30)/b16-11+. The molecule has 0 unspecified atom stereocenters. The molecule has 2 heterocycles. The molecule has 0 aliphatic carbocycles. The largest absolute Gasteiger partial charge is 0.497 e. The first-order valence-corrected chi connectivity index (χ1v) is 11.1. The lowest BCUT2D eigenvalue weighted by atomic mass is 9.96. The Bertz CT molecular complexity index is 1450. The van der Waals surface area contributed by atoms with Crippen molar-refractivity contribution in [1.82, 2.24) is 0 Å². The van der Waals surface area contributed by atoms with Gasteiger partial charge in [0.05, 0.1) is 20.5 Å². The molecule has 1 aliphatic rings. The first-order chi connectivity index (χ1) is 17.0. The minimum absolute atomic E-state index is 0.180. The number of anilines is 1. The third-order valence-electron chi connectivity index (χ3n) is 6.06. The molecule has 0 atom stereocenters. The number of benzene rings is 3. The summed E-state index contributed by atoms with van der Waals surface area (Å²) in [4.78, 5) is 12.8. The molecule has 0 fully saturated rings. The van der Waals surface area contributed by atoms with Crippen LogP contribution in [0.2, 0.25) is 0 Å². The van der Waals surface area contributed by atoms with Crippen LogP contribution in [0, 0.1) is 6.92 Å². The van der Waals surface area contributed by atoms with Gasteiger partial charge in [-0.25, -0.2) is 0 Å². The van der Waals surface area contributed by atoms with Crippen LogP contribution in [0.1, 0.15) is 18.1 Å². The molecule has 35 heavy (non-hydrogen) atoms. The minimum Gasteiger partial charge on any atom is -0.497 e. The Morgan fingerprint density at radius 2 is 1.77 bits per heavy atom. The van der Waals surface area contributed by atoms with E-state index in [1.807, 2.05) is 44.2 Å². The number of aryl methyl sites for hydroxylation is 1. The van der Waals surface area contributed by atoms with Crippen molar-refractivity contribution >= 4 is 28.1 Å². The highest BCUT2D eigenvalue weighted by molar-refractivity contribution is 6.06. The number of amides is 1. The number of hydrogen-bond donors (Lipinski definition) is 1. The van der Waals surface area contributed by atoms with E-state index >= 15 is 0 Å². The molecule has 0 bridgehead atoms. The molecular formula is C28H25NO6. The molecule has 1 N–H and O–H groups in total. The molecule has 1 aromatic heterocycles. The summed E-state index contributed by atoms with van der Waals surface area (Å²) in [6, 6.07) is 15.1. The second kappa shape index (κ2) is 9.10. The number of ether oxygens (including phenoxy) is 4. The van der Waals surface area contributed by atoms with E-state index in [2.05, 4.69) is 5.32 Å². The van der Waals surface area contributed by atoms with Crippen molar-refractivity contribution in [1.29, 1.82) is 0 Å². The molecular weight excluding hydrogens is 446 g/mol. The number of rotatable bonds is 6. The van der Waals surface area contributed by atoms with Gasteiger partial charge in [-0.3, -0.25) is 4.79 Å². The van der Waals surface area contributed by atoms with Gasteiger partial charge in [0.1, 0.15) is 17.1 Å². The van der Waals surface area contributed by atoms with Gasteiger partial charge in [-0.1, -0.05) is 12.1 Å². The van der Waals surface area contributed by atoms with E-state index in [9.17, 15) is 4.79 Å². The van der Waals surface area contributed by atoms with E-state index in [4.69, 9.17) is 23.4 Å². The number of carbonyl (C=O) groups is 1. The highest BCUT2D eigenvalue weighted by Gasteiger charge is 2.19. The molecule has 7 nitrogen and oxygen atoms in total. The molecule has 1 amide bonds.